The minimum atomic E-state index is 0.297. The number of carbonyl (C=O) groups is 2. The Bertz CT molecular complexity index is 911. The van der Waals surface area contributed by atoms with Gasteiger partial charge in [0.15, 0.2) is 5.78 Å². The van der Waals surface area contributed by atoms with Crippen molar-refractivity contribution in [1.82, 2.24) is 4.90 Å². The second kappa shape index (κ2) is 10.0. The van der Waals surface area contributed by atoms with Crippen molar-refractivity contribution in [3.63, 3.8) is 0 Å². The van der Waals surface area contributed by atoms with E-state index in [1.54, 1.807) is 0 Å². The Balaban J connectivity index is 1.11. The van der Waals surface area contributed by atoms with Crippen molar-refractivity contribution in [2.45, 2.75) is 110 Å². The summed E-state index contributed by atoms with van der Waals surface area (Å²) in [5, 5.41) is 0. The molecule has 192 valence electrons. The summed E-state index contributed by atoms with van der Waals surface area (Å²) in [6, 6.07) is 10.2. The zero-order valence-electron chi connectivity index (χ0n) is 22.4. The minimum absolute atomic E-state index is 0.297. The molecule has 5 rings (SSSR count). The van der Waals surface area contributed by atoms with Crippen LogP contribution in [0.1, 0.15) is 114 Å². The molecule has 0 aromatic heterocycles. The zero-order valence-corrected chi connectivity index (χ0v) is 22.4. The zero-order chi connectivity index (χ0) is 24.6. The van der Waals surface area contributed by atoms with E-state index in [1.807, 2.05) is 30.3 Å². The number of amides is 1. The van der Waals surface area contributed by atoms with Gasteiger partial charge in [0.25, 0.3) is 0 Å². The molecule has 1 saturated heterocycles. The van der Waals surface area contributed by atoms with E-state index < -0.39 is 0 Å². The Labute approximate surface area is 213 Å². The number of piperidine rings is 1. The molecule has 3 nitrogen and oxygen atoms in total. The summed E-state index contributed by atoms with van der Waals surface area (Å²) >= 11 is 0. The summed E-state index contributed by atoms with van der Waals surface area (Å²) in [4.78, 5) is 26.9. The van der Waals surface area contributed by atoms with Crippen LogP contribution in [0, 0.1) is 34.5 Å². The molecular weight excluding hydrogens is 430 g/mol. The minimum Gasteiger partial charge on any atom is -0.342 e. The van der Waals surface area contributed by atoms with Crippen molar-refractivity contribution in [1.29, 1.82) is 0 Å². The average Bonchev–Trinajstić information content (AvgIpc) is 3.20. The molecule has 0 radical (unpaired) electrons. The van der Waals surface area contributed by atoms with Crippen molar-refractivity contribution in [2.24, 2.45) is 34.5 Å². The maximum absolute atomic E-state index is 12.4. The number of hydrogen-bond acceptors (Lipinski definition) is 2. The monoisotopic (exact) mass is 477 g/mol. The largest absolute Gasteiger partial charge is 0.342 e. The van der Waals surface area contributed by atoms with Gasteiger partial charge in [0.05, 0.1) is 0 Å². The van der Waals surface area contributed by atoms with Crippen molar-refractivity contribution in [3.05, 3.63) is 35.9 Å². The molecule has 4 fully saturated rings. The molecule has 1 amide bonds. The van der Waals surface area contributed by atoms with Crippen molar-refractivity contribution < 1.29 is 9.59 Å². The molecule has 0 spiro atoms. The highest BCUT2D eigenvalue weighted by molar-refractivity contribution is 5.95. The van der Waals surface area contributed by atoms with Crippen molar-refractivity contribution >= 4 is 11.7 Å². The molecule has 7 atom stereocenters. The van der Waals surface area contributed by atoms with Gasteiger partial charge in [-0.3, -0.25) is 9.59 Å². The highest BCUT2D eigenvalue weighted by atomic mass is 16.2. The number of nitrogens with zero attached hydrogens (tertiary/aromatic N) is 1. The summed E-state index contributed by atoms with van der Waals surface area (Å²) < 4.78 is 0. The van der Waals surface area contributed by atoms with Gasteiger partial charge in [0.2, 0.25) is 5.91 Å². The van der Waals surface area contributed by atoms with Gasteiger partial charge >= 0.3 is 0 Å². The lowest BCUT2D eigenvalue weighted by Crippen LogP contribution is -2.61. The van der Waals surface area contributed by atoms with Gasteiger partial charge in [0.1, 0.15) is 0 Å². The SMILES string of the molecule is CN1C(=O)CC[C@@]2(C)C1CC[C@@H]1[C@H]2CC[C@]2(C)C(CCCCCCC(=O)c3ccccc3)CC[C@@H]12. The van der Waals surface area contributed by atoms with Crippen LogP contribution in [0.2, 0.25) is 0 Å². The standard InChI is InChI=1S/C32H47NO2/c1-31-21-19-27-25(16-18-29-32(27,2)22-20-30(35)33(29)3)26(31)17-15-24(31)13-9-4-5-10-14-28(34)23-11-7-6-8-12-23/h6-8,11-12,24-27,29H,4-5,9-10,13-22H2,1-3H3/t24?,25-,26-,27+,29?,31+,32+/m0/s1. The van der Waals surface area contributed by atoms with Crippen LogP contribution in [0.3, 0.4) is 0 Å². The maximum Gasteiger partial charge on any atom is 0.222 e. The fraction of sp³-hybridized carbons (Fsp3) is 0.750. The normalized spacial score (nSPS) is 38.5. The van der Waals surface area contributed by atoms with Crippen LogP contribution in [-0.2, 0) is 4.79 Å². The predicted octanol–water partition coefficient (Wildman–Crippen LogP) is 7.69. The highest BCUT2D eigenvalue weighted by Gasteiger charge is 2.60. The number of unbranched alkanes of at least 4 members (excludes halogenated alkanes) is 3. The molecule has 3 heteroatoms. The molecule has 3 aliphatic carbocycles. The Kier molecular flexibility index (Phi) is 7.16. The summed E-state index contributed by atoms with van der Waals surface area (Å²) in [7, 11) is 2.07. The van der Waals surface area contributed by atoms with Gasteiger partial charge in [-0.25, -0.2) is 0 Å². The predicted molar refractivity (Wildman–Crippen MR) is 142 cm³/mol. The van der Waals surface area contributed by atoms with Crippen LogP contribution in [0.15, 0.2) is 30.3 Å². The van der Waals surface area contributed by atoms with E-state index in [-0.39, 0.29) is 0 Å². The fourth-order valence-corrected chi connectivity index (χ4v) is 9.53. The molecule has 3 saturated carbocycles. The number of fused-ring (bicyclic) bond motifs is 5. The first-order valence-corrected chi connectivity index (χ1v) is 14.7. The van der Waals surface area contributed by atoms with E-state index in [2.05, 4.69) is 25.8 Å². The van der Waals surface area contributed by atoms with E-state index in [0.717, 1.165) is 48.5 Å². The Morgan fingerprint density at radius 1 is 0.886 bits per heavy atom. The van der Waals surface area contributed by atoms with E-state index >= 15 is 0 Å². The highest BCUT2D eigenvalue weighted by Crippen LogP contribution is 2.66. The molecule has 2 unspecified atom stereocenters. The third-order valence-electron chi connectivity index (χ3n) is 11.6. The van der Waals surface area contributed by atoms with Gasteiger partial charge in [-0.15, -0.1) is 0 Å². The average molecular weight is 478 g/mol. The van der Waals surface area contributed by atoms with Gasteiger partial charge < -0.3 is 4.90 Å². The summed E-state index contributed by atoms with van der Waals surface area (Å²) in [6.45, 7) is 5.18. The molecule has 1 heterocycles. The maximum atomic E-state index is 12.4. The van der Waals surface area contributed by atoms with Gasteiger partial charge in [0, 0.05) is 31.5 Å². The van der Waals surface area contributed by atoms with Gasteiger partial charge in [-0.05, 0) is 92.3 Å². The fourth-order valence-electron chi connectivity index (χ4n) is 9.53. The Morgan fingerprint density at radius 3 is 2.43 bits per heavy atom. The number of benzene rings is 1. The lowest BCUT2D eigenvalue weighted by atomic mass is 9.46. The Morgan fingerprint density at radius 2 is 1.63 bits per heavy atom. The quantitative estimate of drug-likeness (QED) is 0.284. The molecule has 1 aromatic rings. The third-order valence-corrected chi connectivity index (χ3v) is 11.6. The lowest BCUT2D eigenvalue weighted by molar-refractivity contribution is -0.158. The van der Waals surface area contributed by atoms with E-state index in [0.29, 0.717) is 35.0 Å². The number of rotatable bonds is 8. The molecular formula is C32H47NO2. The van der Waals surface area contributed by atoms with Gasteiger partial charge in [-0.1, -0.05) is 63.4 Å². The van der Waals surface area contributed by atoms with Crippen LogP contribution in [0.5, 0.6) is 0 Å². The summed E-state index contributed by atoms with van der Waals surface area (Å²) in [6.07, 6.45) is 16.9. The van der Waals surface area contributed by atoms with Gasteiger partial charge in [-0.2, -0.15) is 0 Å². The van der Waals surface area contributed by atoms with Crippen molar-refractivity contribution in [3.8, 4) is 0 Å². The molecule has 35 heavy (non-hydrogen) atoms. The number of carbonyl (C=O) groups excluding carboxylic acids is 2. The smallest absolute Gasteiger partial charge is 0.222 e. The number of Topliss-reactive ketones (excluding diaryl/α,β-unsaturated/α-hetero) is 1. The molecule has 1 aliphatic heterocycles. The van der Waals surface area contributed by atoms with Crippen LogP contribution < -0.4 is 0 Å². The Hall–Kier alpha value is -1.64. The summed E-state index contributed by atoms with van der Waals surface area (Å²) in [5.41, 5.74) is 1.73. The molecule has 0 N–H and O–H groups in total. The topological polar surface area (TPSA) is 37.4 Å². The second-order valence-corrected chi connectivity index (χ2v) is 13.0. The van der Waals surface area contributed by atoms with Crippen LogP contribution in [0.25, 0.3) is 0 Å². The van der Waals surface area contributed by atoms with Crippen LogP contribution >= 0.6 is 0 Å². The first kappa shape index (κ1) is 25.0. The lowest BCUT2D eigenvalue weighted by Gasteiger charge is -2.62. The van der Waals surface area contributed by atoms with Crippen LogP contribution in [-0.4, -0.2) is 29.7 Å². The molecule has 4 aliphatic rings. The second-order valence-electron chi connectivity index (χ2n) is 13.0. The number of hydrogen-bond donors (Lipinski definition) is 0. The molecule has 1 aromatic carbocycles. The molecule has 0 bridgehead atoms. The first-order chi connectivity index (χ1) is 16.8. The number of ketones is 1. The van der Waals surface area contributed by atoms with Crippen molar-refractivity contribution in [2.75, 3.05) is 7.05 Å². The third kappa shape index (κ3) is 4.51. The number of likely N-dealkylation sites (tertiary alicyclic amines) is 1. The van der Waals surface area contributed by atoms with E-state index in [9.17, 15) is 9.59 Å². The first-order valence-electron chi connectivity index (χ1n) is 14.7. The summed E-state index contributed by atoms with van der Waals surface area (Å²) in [5.74, 6) is 4.15. The van der Waals surface area contributed by atoms with E-state index in [4.69, 9.17) is 0 Å². The van der Waals surface area contributed by atoms with Crippen LogP contribution in [0.4, 0.5) is 0 Å². The van der Waals surface area contributed by atoms with E-state index in [1.165, 1.54) is 64.2 Å².